The molecule has 1 aliphatic heterocycles. The topological polar surface area (TPSA) is 88.6 Å². The second-order valence-corrected chi connectivity index (χ2v) is 7.13. The summed E-state index contributed by atoms with van der Waals surface area (Å²) < 4.78 is 5.63. The van der Waals surface area contributed by atoms with Gasteiger partial charge in [0, 0.05) is 37.1 Å². The van der Waals surface area contributed by atoms with Gasteiger partial charge in [-0.25, -0.2) is 0 Å². The van der Waals surface area contributed by atoms with Crippen molar-refractivity contribution in [2.45, 2.75) is 33.1 Å². The molecule has 2 heterocycles. The number of furan rings is 1. The molecule has 1 atom stereocenters. The second-order valence-electron chi connectivity index (χ2n) is 7.13. The first kappa shape index (κ1) is 21.3. The van der Waals surface area contributed by atoms with Crippen molar-refractivity contribution in [3.05, 3.63) is 35.1 Å². The van der Waals surface area contributed by atoms with E-state index in [1.165, 1.54) is 11.1 Å². The number of carbonyl (C=O) groups is 2. The monoisotopic (exact) mass is 393 g/mol. The van der Waals surface area contributed by atoms with Gasteiger partial charge in [0.25, 0.3) is 0 Å². The van der Waals surface area contributed by atoms with Gasteiger partial charge in [-0.1, -0.05) is 0 Å². The van der Waals surface area contributed by atoms with Crippen molar-refractivity contribution in [1.29, 1.82) is 0 Å². The van der Waals surface area contributed by atoms with Crippen molar-refractivity contribution < 1.29 is 14.0 Å². The Morgan fingerprint density at radius 1 is 1.30 bits per heavy atom. The molecule has 1 aromatic carbocycles. The van der Waals surface area contributed by atoms with Gasteiger partial charge in [0.15, 0.2) is 0 Å². The van der Waals surface area contributed by atoms with Crippen LogP contribution in [0.25, 0.3) is 11.0 Å². The van der Waals surface area contributed by atoms with Gasteiger partial charge in [0.2, 0.25) is 11.8 Å². The van der Waals surface area contributed by atoms with Crippen LogP contribution in [-0.4, -0.2) is 42.9 Å². The minimum atomic E-state index is -0.148. The fourth-order valence-corrected chi connectivity index (χ4v) is 3.51. The van der Waals surface area contributed by atoms with Gasteiger partial charge in [-0.05, 0) is 49.9 Å². The molecule has 0 aliphatic carbocycles. The molecular formula is C20H28ClN3O3. The molecule has 3 rings (SSSR count). The summed E-state index contributed by atoms with van der Waals surface area (Å²) in [5.41, 5.74) is 9.51. The van der Waals surface area contributed by atoms with Crippen LogP contribution in [0, 0.1) is 19.8 Å². The number of hydrogen-bond acceptors (Lipinski definition) is 4. The van der Waals surface area contributed by atoms with E-state index in [-0.39, 0.29) is 30.1 Å². The van der Waals surface area contributed by atoms with E-state index in [1.807, 2.05) is 13.0 Å². The fraction of sp³-hybridized carbons (Fsp3) is 0.500. The molecule has 0 bridgehead atoms. The van der Waals surface area contributed by atoms with Gasteiger partial charge in [0.1, 0.15) is 5.58 Å². The highest BCUT2D eigenvalue weighted by Crippen LogP contribution is 2.26. The molecule has 1 unspecified atom stereocenters. The predicted molar refractivity (Wildman–Crippen MR) is 108 cm³/mol. The first-order chi connectivity index (χ1) is 12.5. The highest BCUT2D eigenvalue weighted by molar-refractivity contribution is 5.89. The maximum Gasteiger partial charge on any atom is 0.227 e. The van der Waals surface area contributed by atoms with Crippen LogP contribution in [-0.2, 0) is 16.0 Å². The summed E-state index contributed by atoms with van der Waals surface area (Å²) in [5, 5.41) is 3.82. The van der Waals surface area contributed by atoms with Crippen molar-refractivity contribution in [3.63, 3.8) is 0 Å². The third-order valence-corrected chi connectivity index (χ3v) is 5.20. The number of rotatable bonds is 5. The van der Waals surface area contributed by atoms with E-state index in [0.717, 1.165) is 29.4 Å². The zero-order valence-electron chi connectivity index (χ0n) is 15.9. The maximum absolute atomic E-state index is 12.8. The van der Waals surface area contributed by atoms with Crippen molar-refractivity contribution in [2.75, 3.05) is 26.2 Å². The Kier molecular flexibility index (Phi) is 7.27. The number of amides is 2. The molecule has 1 saturated heterocycles. The highest BCUT2D eigenvalue weighted by Gasteiger charge is 2.28. The van der Waals surface area contributed by atoms with Gasteiger partial charge in [-0.2, -0.15) is 0 Å². The maximum atomic E-state index is 12.8. The molecule has 3 N–H and O–H groups in total. The van der Waals surface area contributed by atoms with E-state index in [4.69, 9.17) is 10.2 Å². The summed E-state index contributed by atoms with van der Waals surface area (Å²) in [6.07, 6.45) is 3.63. The van der Waals surface area contributed by atoms with E-state index in [2.05, 4.69) is 18.3 Å². The van der Waals surface area contributed by atoms with Crippen molar-refractivity contribution in [2.24, 2.45) is 11.7 Å². The van der Waals surface area contributed by atoms with Crippen LogP contribution < -0.4 is 11.1 Å². The van der Waals surface area contributed by atoms with E-state index in [9.17, 15) is 9.59 Å². The third kappa shape index (κ3) is 4.82. The first-order valence-corrected chi connectivity index (χ1v) is 9.22. The minimum absolute atomic E-state index is 0. The number of piperidine rings is 1. The Morgan fingerprint density at radius 2 is 2.04 bits per heavy atom. The highest BCUT2D eigenvalue weighted by atomic mass is 35.5. The molecule has 148 valence electrons. The number of nitrogens with zero attached hydrogens (tertiary/aromatic N) is 1. The molecule has 0 spiro atoms. The summed E-state index contributed by atoms with van der Waals surface area (Å²) in [6, 6.07) is 4.09. The molecule has 1 aromatic heterocycles. The Bertz CT molecular complexity index is 818. The van der Waals surface area contributed by atoms with Crippen molar-refractivity contribution >= 4 is 35.2 Å². The summed E-state index contributed by atoms with van der Waals surface area (Å²) in [5.74, 6) is -0.111. The molecule has 2 amide bonds. The molecule has 27 heavy (non-hydrogen) atoms. The smallest absolute Gasteiger partial charge is 0.227 e. The lowest BCUT2D eigenvalue weighted by atomic mass is 9.96. The molecule has 1 aliphatic rings. The number of nitrogens with two attached hydrogens (primary N) is 1. The van der Waals surface area contributed by atoms with E-state index >= 15 is 0 Å². The summed E-state index contributed by atoms with van der Waals surface area (Å²) in [7, 11) is 0. The van der Waals surface area contributed by atoms with Crippen LogP contribution >= 0.6 is 12.4 Å². The average Bonchev–Trinajstić information content (AvgIpc) is 3.01. The number of aryl methyl sites for hydroxylation is 2. The standard InChI is InChI=1S/C20H27N3O3.ClH/c1-13-8-17-16(12-26-18(17)9-14(13)2)10-19(24)23-7-3-4-15(11-23)20(25)22-6-5-21;/h8-9,12,15H,3-7,10-11,21H2,1-2H3,(H,22,25);1H. The molecule has 0 radical (unpaired) electrons. The average molecular weight is 394 g/mol. The van der Waals surface area contributed by atoms with Crippen LogP contribution in [0.2, 0.25) is 0 Å². The Morgan fingerprint density at radius 3 is 2.78 bits per heavy atom. The first-order valence-electron chi connectivity index (χ1n) is 9.22. The number of hydrogen-bond donors (Lipinski definition) is 2. The largest absolute Gasteiger partial charge is 0.464 e. The summed E-state index contributed by atoms with van der Waals surface area (Å²) >= 11 is 0. The predicted octanol–water partition coefficient (Wildman–Crippen LogP) is 2.33. The fourth-order valence-electron chi connectivity index (χ4n) is 3.51. The summed E-state index contributed by atoms with van der Waals surface area (Å²) in [6.45, 7) is 6.18. The lowest BCUT2D eigenvalue weighted by Crippen LogP contribution is -2.46. The lowest BCUT2D eigenvalue weighted by molar-refractivity contribution is -0.135. The Labute approximate surface area is 165 Å². The zero-order chi connectivity index (χ0) is 18.7. The number of halogens is 1. The van der Waals surface area contributed by atoms with Crippen LogP contribution in [0.4, 0.5) is 0 Å². The van der Waals surface area contributed by atoms with Crippen LogP contribution in [0.1, 0.15) is 29.5 Å². The minimum Gasteiger partial charge on any atom is -0.464 e. The van der Waals surface area contributed by atoms with Gasteiger partial charge < -0.3 is 20.4 Å². The molecule has 6 nitrogen and oxygen atoms in total. The number of carbonyl (C=O) groups excluding carboxylic acids is 2. The van der Waals surface area contributed by atoms with Crippen LogP contribution in [0.5, 0.6) is 0 Å². The van der Waals surface area contributed by atoms with Gasteiger partial charge >= 0.3 is 0 Å². The van der Waals surface area contributed by atoms with Gasteiger partial charge in [-0.15, -0.1) is 12.4 Å². The van der Waals surface area contributed by atoms with Crippen molar-refractivity contribution in [1.82, 2.24) is 10.2 Å². The number of likely N-dealkylation sites (tertiary alicyclic amines) is 1. The molecule has 7 heteroatoms. The molecule has 2 aromatic rings. The zero-order valence-corrected chi connectivity index (χ0v) is 16.7. The van der Waals surface area contributed by atoms with E-state index in [1.54, 1.807) is 11.2 Å². The van der Waals surface area contributed by atoms with Gasteiger partial charge in [0.05, 0.1) is 18.6 Å². The Balaban J connectivity index is 0.00000261. The quantitative estimate of drug-likeness (QED) is 0.815. The number of nitrogens with one attached hydrogen (secondary N) is 1. The number of fused-ring (bicyclic) bond motifs is 1. The molecule has 1 fully saturated rings. The van der Waals surface area contributed by atoms with E-state index in [0.29, 0.717) is 32.6 Å². The molecular weight excluding hydrogens is 366 g/mol. The normalized spacial score (nSPS) is 16.9. The van der Waals surface area contributed by atoms with Crippen LogP contribution in [0.3, 0.4) is 0 Å². The summed E-state index contributed by atoms with van der Waals surface area (Å²) in [4.78, 5) is 26.7. The third-order valence-electron chi connectivity index (χ3n) is 5.20. The van der Waals surface area contributed by atoms with E-state index < -0.39 is 0 Å². The molecule has 0 saturated carbocycles. The Hall–Kier alpha value is -2.05. The van der Waals surface area contributed by atoms with Crippen LogP contribution in [0.15, 0.2) is 22.8 Å². The lowest BCUT2D eigenvalue weighted by Gasteiger charge is -2.32. The second kappa shape index (κ2) is 9.24. The van der Waals surface area contributed by atoms with Crippen molar-refractivity contribution in [3.8, 4) is 0 Å². The SMILES string of the molecule is Cc1cc2occ(CC(=O)N3CCCC(C(=O)NCCN)C3)c2cc1C.Cl. The number of benzene rings is 1. The van der Waals surface area contributed by atoms with Gasteiger partial charge in [-0.3, -0.25) is 9.59 Å².